The number of rotatable bonds is 11. The third-order valence-corrected chi connectivity index (χ3v) is 3.72. The Kier molecular flexibility index (Phi) is 8.19. The molecular formula is C21H29NO2. The molecule has 0 saturated heterocycles. The third-order valence-electron chi connectivity index (χ3n) is 3.72. The lowest BCUT2D eigenvalue weighted by molar-refractivity contribution is 0.299. The van der Waals surface area contributed by atoms with Crippen molar-refractivity contribution in [1.29, 1.82) is 0 Å². The highest BCUT2D eigenvalue weighted by atomic mass is 16.5. The second-order valence-electron chi connectivity index (χ2n) is 5.88. The van der Waals surface area contributed by atoms with Crippen LogP contribution in [0.3, 0.4) is 0 Å². The normalized spacial score (nSPS) is 10.6. The van der Waals surface area contributed by atoms with E-state index in [2.05, 4.69) is 55.6 Å². The molecule has 1 N–H and O–H groups in total. The van der Waals surface area contributed by atoms with Crippen molar-refractivity contribution in [1.82, 2.24) is 5.32 Å². The van der Waals surface area contributed by atoms with Gasteiger partial charge >= 0.3 is 0 Å². The van der Waals surface area contributed by atoms with Gasteiger partial charge in [0.15, 0.2) is 0 Å². The van der Waals surface area contributed by atoms with Gasteiger partial charge in [-0.05, 0) is 37.4 Å². The van der Waals surface area contributed by atoms with Crippen molar-refractivity contribution in [3.05, 3.63) is 59.7 Å². The molecule has 0 spiro atoms. The third kappa shape index (κ3) is 6.25. The highest BCUT2D eigenvalue weighted by molar-refractivity contribution is 5.40. The molecular weight excluding hydrogens is 298 g/mol. The minimum absolute atomic E-state index is 0.730. The Morgan fingerprint density at radius 3 is 2.38 bits per heavy atom. The zero-order valence-corrected chi connectivity index (χ0v) is 14.9. The molecule has 0 heterocycles. The van der Waals surface area contributed by atoms with Crippen LogP contribution in [0.15, 0.2) is 48.5 Å². The summed E-state index contributed by atoms with van der Waals surface area (Å²) >= 11 is 0. The number of benzene rings is 2. The molecule has 130 valence electrons. The maximum atomic E-state index is 5.90. The molecule has 0 unspecified atom stereocenters. The number of hydrogen-bond donors (Lipinski definition) is 1. The fourth-order valence-corrected chi connectivity index (χ4v) is 2.44. The lowest BCUT2D eigenvalue weighted by atomic mass is 10.1. The van der Waals surface area contributed by atoms with Gasteiger partial charge < -0.3 is 14.8 Å². The Balaban J connectivity index is 1.89. The maximum Gasteiger partial charge on any atom is 0.127 e. The first-order valence-electron chi connectivity index (χ1n) is 8.96. The van der Waals surface area contributed by atoms with E-state index in [4.69, 9.17) is 9.47 Å². The van der Waals surface area contributed by atoms with Gasteiger partial charge in [0, 0.05) is 18.2 Å². The van der Waals surface area contributed by atoms with Crippen LogP contribution in [-0.2, 0) is 13.0 Å². The Hall–Kier alpha value is -2.00. The first-order valence-corrected chi connectivity index (χ1v) is 8.96. The Morgan fingerprint density at radius 1 is 0.875 bits per heavy atom. The second-order valence-corrected chi connectivity index (χ2v) is 5.88. The van der Waals surface area contributed by atoms with Gasteiger partial charge in [0.1, 0.15) is 11.5 Å². The van der Waals surface area contributed by atoms with Crippen LogP contribution >= 0.6 is 0 Å². The predicted octanol–water partition coefficient (Wildman–Crippen LogP) is 4.60. The van der Waals surface area contributed by atoms with E-state index in [1.54, 1.807) is 0 Å². The van der Waals surface area contributed by atoms with Crippen LogP contribution in [0.1, 0.15) is 37.8 Å². The largest absolute Gasteiger partial charge is 0.493 e. The van der Waals surface area contributed by atoms with Gasteiger partial charge in [0.05, 0.1) is 13.2 Å². The smallest absolute Gasteiger partial charge is 0.127 e. The highest BCUT2D eigenvalue weighted by Gasteiger charge is 2.06. The van der Waals surface area contributed by atoms with E-state index >= 15 is 0 Å². The summed E-state index contributed by atoms with van der Waals surface area (Å²) < 4.78 is 11.6. The van der Waals surface area contributed by atoms with Gasteiger partial charge in [-0.15, -0.1) is 0 Å². The highest BCUT2D eigenvalue weighted by Crippen LogP contribution is 2.25. The molecule has 0 aliphatic carbocycles. The SMILES string of the molecule is CCCOc1ccc(CNCCc2ccccc2)c(OCCC)c1. The molecule has 0 aliphatic heterocycles. The molecule has 24 heavy (non-hydrogen) atoms. The summed E-state index contributed by atoms with van der Waals surface area (Å²) in [4.78, 5) is 0. The van der Waals surface area contributed by atoms with E-state index in [-0.39, 0.29) is 0 Å². The van der Waals surface area contributed by atoms with Gasteiger partial charge in [0.2, 0.25) is 0 Å². The van der Waals surface area contributed by atoms with Gasteiger partial charge in [-0.2, -0.15) is 0 Å². The summed E-state index contributed by atoms with van der Waals surface area (Å²) in [5, 5.41) is 3.51. The van der Waals surface area contributed by atoms with Crippen molar-refractivity contribution >= 4 is 0 Å². The van der Waals surface area contributed by atoms with E-state index in [0.717, 1.165) is 57.1 Å². The van der Waals surface area contributed by atoms with Gasteiger partial charge in [-0.3, -0.25) is 0 Å². The van der Waals surface area contributed by atoms with Crippen LogP contribution in [0.4, 0.5) is 0 Å². The Bertz CT molecular complexity index is 584. The molecule has 3 heteroatoms. The van der Waals surface area contributed by atoms with Crippen molar-refractivity contribution < 1.29 is 9.47 Å². The van der Waals surface area contributed by atoms with Gasteiger partial charge in [0.25, 0.3) is 0 Å². The fourth-order valence-electron chi connectivity index (χ4n) is 2.44. The summed E-state index contributed by atoms with van der Waals surface area (Å²) in [5.74, 6) is 1.81. The zero-order chi connectivity index (χ0) is 17.0. The first kappa shape index (κ1) is 18.3. The molecule has 0 radical (unpaired) electrons. The molecule has 3 nitrogen and oxygen atoms in total. The lowest BCUT2D eigenvalue weighted by Gasteiger charge is -2.14. The number of hydrogen-bond acceptors (Lipinski definition) is 3. The van der Waals surface area contributed by atoms with Crippen LogP contribution in [0.2, 0.25) is 0 Å². The molecule has 2 aromatic carbocycles. The molecule has 0 fully saturated rings. The molecule has 2 rings (SSSR count). The molecule has 0 aromatic heterocycles. The van der Waals surface area contributed by atoms with E-state index in [1.165, 1.54) is 11.1 Å². The van der Waals surface area contributed by atoms with Gasteiger partial charge in [-0.25, -0.2) is 0 Å². The predicted molar refractivity (Wildman–Crippen MR) is 99.9 cm³/mol. The van der Waals surface area contributed by atoms with E-state index in [9.17, 15) is 0 Å². The Labute approximate surface area is 146 Å². The zero-order valence-electron chi connectivity index (χ0n) is 14.9. The summed E-state index contributed by atoms with van der Waals surface area (Å²) in [6.45, 7) is 7.45. The first-order chi connectivity index (χ1) is 11.8. The van der Waals surface area contributed by atoms with Crippen molar-refractivity contribution in [3.63, 3.8) is 0 Å². The number of nitrogens with one attached hydrogen (secondary N) is 1. The average molecular weight is 327 g/mol. The summed E-state index contributed by atoms with van der Waals surface area (Å²) in [6.07, 6.45) is 3.04. The van der Waals surface area contributed by atoms with E-state index in [1.807, 2.05) is 12.1 Å². The molecule has 0 aliphatic rings. The van der Waals surface area contributed by atoms with Crippen molar-refractivity contribution in [2.45, 2.75) is 39.7 Å². The van der Waals surface area contributed by atoms with Crippen LogP contribution < -0.4 is 14.8 Å². The minimum Gasteiger partial charge on any atom is -0.493 e. The molecule has 0 atom stereocenters. The maximum absolute atomic E-state index is 5.90. The van der Waals surface area contributed by atoms with Crippen LogP contribution in [0.25, 0.3) is 0 Å². The van der Waals surface area contributed by atoms with Crippen molar-refractivity contribution in [2.75, 3.05) is 19.8 Å². The molecule has 0 amide bonds. The summed E-state index contributed by atoms with van der Waals surface area (Å²) in [7, 11) is 0. The summed E-state index contributed by atoms with van der Waals surface area (Å²) in [5.41, 5.74) is 2.54. The fraction of sp³-hybridized carbons (Fsp3) is 0.429. The van der Waals surface area contributed by atoms with E-state index < -0.39 is 0 Å². The number of ether oxygens (including phenoxy) is 2. The summed E-state index contributed by atoms with van der Waals surface area (Å²) in [6, 6.07) is 16.7. The Morgan fingerprint density at radius 2 is 1.62 bits per heavy atom. The van der Waals surface area contributed by atoms with Crippen LogP contribution in [0, 0.1) is 0 Å². The lowest BCUT2D eigenvalue weighted by Crippen LogP contribution is -2.17. The monoisotopic (exact) mass is 327 g/mol. The molecule has 0 bridgehead atoms. The van der Waals surface area contributed by atoms with Crippen LogP contribution in [-0.4, -0.2) is 19.8 Å². The minimum atomic E-state index is 0.730. The average Bonchev–Trinajstić information content (AvgIpc) is 2.63. The topological polar surface area (TPSA) is 30.5 Å². The molecule has 0 saturated carbocycles. The quantitative estimate of drug-likeness (QED) is 0.612. The van der Waals surface area contributed by atoms with E-state index in [0.29, 0.717) is 0 Å². The standard InChI is InChI=1S/C21H29NO2/c1-3-14-23-20-11-10-19(21(16-20)24-15-4-2)17-22-13-12-18-8-6-5-7-9-18/h5-11,16,22H,3-4,12-15,17H2,1-2H3. The molecule has 2 aromatic rings. The van der Waals surface area contributed by atoms with Crippen molar-refractivity contribution in [3.8, 4) is 11.5 Å². The van der Waals surface area contributed by atoms with Crippen LogP contribution in [0.5, 0.6) is 11.5 Å². The van der Waals surface area contributed by atoms with Gasteiger partial charge in [-0.1, -0.05) is 50.2 Å². The van der Waals surface area contributed by atoms with Crippen molar-refractivity contribution in [2.24, 2.45) is 0 Å². The second kappa shape index (κ2) is 10.7.